The molecule has 0 aromatic carbocycles. The minimum Gasteiger partial charge on any atom is -0.396 e. The molecule has 0 radical (unpaired) electrons. The minimum atomic E-state index is 0.274. The summed E-state index contributed by atoms with van der Waals surface area (Å²) in [5.74, 6) is 0.757. The van der Waals surface area contributed by atoms with E-state index in [1.54, 1.807) is 11.3 Å². The summed E-state index contributed by atoms with van der Waals surface area (Å²) in [5.41, 5.74) is 1.17. The summed E-state index contributed by atoms with van der Waals surface area (Å²) in [6, 6.07) is 0. The number of hydrogen-bond acceptors (Lipinski definition) is 3. The normalized spacial score (nSPS) is 17.3. The Bertz CT molecular complexity index is 268. The highest BCUT2D eigenvalue weighted by molar-refractivity contribution is 7.09. The van der Waals surface area contributed by atoms with E-state index in [2.05, 4.69) is 10.4 Å². The fraction of sp³-hybridized carbons (Fsp3) is 0.700. The number of aliphatic hydroxyl groups excluding tert-OH is 1. The average molecular weight is 197 g/mol. The van der Waals surface area contributed by atoms with Gasteiger partial charge in [-0.25, -0.2) is 4.98 Å². The molecule has 0 aliphatic heterocycles. The predicted molar refractivity (Wildman–Crippen MR) is 54.1 cm³/mol. The first kappa shape index (κ1) is 9.16. The van der Waals surface area contributed by atoms with Crippen LogP contribution in [-0.4, -0.2) is 16.7 Å². The van der Waals surface area contributed by atoms with Crippen molar-refractivity contribution in [2.24, 2.45) is 0 Å². The molecule has 2 rings (SSSR count). The molecule has 0 saturated heterocycles. The van der Waals surface area contributed by atoms with Crippen LogP contribution in [0.4, 0.5) is 0 Å². The molecule has 0 spiro atoms. The Balaban J connectivity index is 1.92. The van der Waals surface area contributed by atoms with Crippen LogP contribution in [0.3, 0.4) is 0 Å². The van der Waals surface area contributed by atoms with Crippen LogP contribution < -0.4 is 0 Å². The van der Waals surface area contributed by atoms with Gasteiger partial charge in [-0.1, -0.05) is 6.42 Å². The van der Waals surface area contributed by atoms with E-state index >= 15 is 0 Å². The van der Waals surface area contributed by atoms with Gasteiger partial charge in [0.2, 0.25) is 0 Å². The number of aromatic nitrogens is 1. The minimum absolute atomic E-state index is 0.274. The van der Waals surface area contributed by atoms with Crippen molar-refractivity contribution in [2.75, 3.05) is 6.61 Å². The molecule has 13 heavy (non-hydrogen) atoms. The Morgan fingerprint density at radius 3 is 3.00 bits per heavy atom. The molecule has 1 aliphatic rings. The Hall–Kier alpha value is -0.410. The number of rotatable bonds is 4. The van der Waals surface area contributed by atoms with Crippen LogP contribution in [0.2, 0.25) is 0 Å². The Morgan fingerprint density at radius 2 is 2.38 bits per heavy atom. The summed E-state index contributed by atoms with van der Waals surface area (Å²) >= 11 is 1.79. The first-order valence-electron chi connectivity index (χ1n) is 4.95. The van der Waals surface area contributed by atoms with E-state index < -0.39 is 0 Å². The number of aliphatic hydroxyl groups is 1. The lowest BCUT2D eigenvalue weighted by Crippen LogP contribution is -2.08. The monoisotopic (exact) mass is 197 g/mol. The van der Waals surface area contributed by atoms with Crippen molar-refractivity contribution >= 4 is 11.3 Å². The van der Waals surface area contributed by atoms with Crippen LogP contribution in [0.5, 0.6) is 0 Å². The van der Waals surface area contributed by atoms with E-state index in [4.69, 9.17) is 5.11 Å². The molecule has 1 aromatic heterocycles. The second-order valence-electron chi connectivity index (χ2n) is 3.63. The van der Waals surface area contributed by atoms with E-state index in [0.717, 1.165) is 18.8 Å². The molecular weight excluding hydrogens is 182 g/mol. The molecule has 2 nitrogen and oxygen atoms in total. The van der Waals surface area contributed by atoms with Crippen LogP contribution in [-0.2, 0) is 6.42 Å². The molecule has 0 unspecified atom stereocenters. The van der Waals surface area contributed by atoms with Gasteiger partial charge >= 0.3 is 0 Å². The smallest absolute Gasteiger partial charge is 0.0959 e. The van der Waals surface area contributed by atoms with Gasteiger partial charge in [0.05, 0.1) is 10.7 Å². The van der Waals surface area contributed by atoms with Crippen molar-refractivity contribution in [2.45, 2.75) is 38.0 Å². The van der Waals surface area contributed by atoms with Crippen molar-refractivity contribution in [1.29, 1.82) is 0 Å². The first-order valence-corrected chi connectivity index (χ1v) is 5.83. The molecule has 1 saturated carbocycles. The SMILES string of the molecule is OCCCc1csc(C2CCC2)n1. The van der Waals surface area contributed by atoms with E-state index in [9.17, 15) is 0 Å². The summed E-state index contributed by atoms with van der Waals surface area (Å²) in [5, 5.41) is 12.1. The lowest BCUT2D eigenvalue weighted by molar-refractivity contribution is 0.288. The van der Waals surface area contributed by atoms with Gasteiger partial charge in [-0.3, -0.25) is 0 Å². The van der Waals surface area contributed by atoms with Crippen LogP contribution in [0.25, 0.3) is 0 Å². The quantitative estimate of drug-likeness (QED) is 0.803. The molecule has 0 atom stereocenters. The zero-order chi connectivity index (χ0) is 9.10. The number of nitrogens with zero attached hydrogens (tertiary/aromatic N) is 1. The Labute approximate surface area is 82.6 Å². The summed E-state index contributed by atoms with van der Waals surface area (Å²) < 4.78 is 0. The highest BCUT2D eigenvalue weighted by Gasteiger charge is 2.22. The first-order chi connectivity index (χ1) is 6.40. The molecule has 1 heterocycles. The van der Waals surface area contributed by atoms with Gasteiger partial charge in [0, 0.05) is 17.9 Å². The highest BCUT2D eigenvalue weighted by atomic mass is 32.1. The standard InChI is InChI=1S/C10H15NOS/c12-6-2-5-9-7-13-10(11-9)8-3-1-4-8/h7-8,12H,1-6H2. The maximum atomic E-state index is 8.68. The number of hydrogen-bond donors (Lipinski definition) is 1. The summed E-state index contributed by atoms with van der Waals surface area (Å²) in [6.07, 6.45) is 5.80. The Morgan fingerprint density at radius 1 is 1.54 bits per heavy atom. The summed E-state index contributed by atoms with van der Waals surface area (Å²) in [4.78, 5) is 4.58. The van der Waals surface area contributed by atoms with Gasteiger partial charge in [-0.2, -0.15) is 0 Å². The van der Waals surface area contributed by atoms with Crippen LogP contribution in [0.1, 0.15) is 42.3 Å². The van der Waals surface area contributed by atoms with Crippen molar-refractivity contribution in [3.05, 3.63) is 16.1 Å². The second-order valence-corrected chi connectivity index (χ2v) is 4.52. The molecule has 1 aliphatic carbocycles. The third-order valence-corrected chi connectivity index (χ3v) is 3.67. The maximum Gasteiger partial charge on any atom is 0.0959 e. The third kappa shape index (κ3) is 2.09. The number of aryl methyl sites for hydroxylation is 1. The molecule has 72 valence electrons. The third-order valence-electron chi connectivity index (χ3n) is 2.61. The molecule has 0 amide bonds. The molecule has 1 N–H and O–H groups in total. The fourth-order valence-corrected chi connectivity index (χ4v) is 2.57. The maximum absolute atomic E-state index is 8.68. The molecular formula is C10H15NOS. The molecule has 0 bridgehead atoms. The van der Waals surface area contributed by atoms with Crippen molar-refractivity contribution in [3.63, 3.8) is 0 Å². The highest BCUT2D eigenvalue weighted by Crippen LogP contribution is 2.37. The van der Waals surface area contributed by atoms with Crippen LogP contribution >= 0.6 is 11.3 Å². The molecule has 3 heteroatoms. The summed E-state index contributed by atoms with van der Waals surface area (Å²) in [7, 11) is 0. The van der Waals surface area contributed by atoms with Gasteiger partial charge in [-0.05, 0) is 25.7 Å². The van der Waals surface area contributed by atoms with Gasteiger partial charge in [0.25, 0.3) is 0 Å². The van der Waals surface area contributed by atoms with E-state index in [1.165, 1.54) is 30.0 Å². The largest absolute Gasteiger partial charge is 0.396 e. The zero-order valence-corrected chi connectivity index (χ0v) is 8.52. The van der Waals surface area contributed by atoms with E-state index in [1.807, 2.05) is 0 Å². The predicted octanol–water partition coefficient (Wildman–Crippen LogP) is 2.34. The Kier molecular flexibility index (Phi) is 2.96. The van der Waals surface area contributed by atoms with Gasteiger partial charge in [0.1, 0.15) is 0 Å². The van der Waals surface area contributed by atoms with E-state index in [0.29, 0.717) is 0 Å². The zero-order valence-electron chi connectivity index (χ0n) is 7.70. The lowest BCUT2D eigenvalue weighted by atomic mass is 9.86. The second kappa shape index (κ2) is 4.20. The van der Waals surface area contributed by atoms with Gasteiger partial charge in [-0.15, -0.1) is 11.3 Å². The topological polar surface area (TPSA) is 33.1 Å². The molecule has 1 fully saturated rings. The van der Waals surface area contributed by atoms with Crippen LogP contribution in [0, 0.1) is 0 Å². The van der Waals surface area contributed by atoms with Gasteiger partial charge < -0.3 is 5.11 Å². The van der Waals surface area contributed by atoms with E-state index in [-0.39, 0.29) is 6.61 Å². The lowest BCUT2D eigenvalue weighted by Gasteiger charge is -2.22. The van der Waals surface area contributed by atoms with Crippen molar-refractivity contribution < 1.29 is 5.11 Å². The number of thiazole rings is 1. The van der Waals surface area contributed by atoms with Crippen LogP contribution in [0.15, 0.2) is 5.38 Å². The van der Waals surface area contributed by atoms with Crippen molar-refractivity contribution in [1.82, 2.24) is 4.98 Å². The summed E-state index contributed by atoms with van der Waals surface area (Å²) in [6.45, 7) is 0.274. The van der Waals surface area contributed by atoms with Crippen molar-refractivity contribution in [3.8, 4) is 0 Å². The van der Waals surface area contributed by atoms with Gasteiger partial charge in [0.15, 0.2) is 0 Å². The molecule has 1 aromatic rings. The average Bonchev–Trinajstić information content (AvgIpc) is 2.46. The fourth-order valence-electron chi connectivity index (χ4n) is 1.54.